The smallest absolute Gasteiger partial charge is 0.124 e. The van der Waals surface area contributed by atoms with Gasteiger partial charge < -0.3 is 10.4 Å². The van der Waals surface area contributed by atoms with E-state index in [0.29, 0.717) is 17.5 Å². The highest BCUT2D eigenvalue weighted by molar-refractivity contribution is 6.31. The highest BCUT2D eigenvalue weighted by Gasteiger charge is 2.23. The lowest BCUT2D eigenvalue weighted by atomic mass is 9.94. The van der Waals surface area contributed by atoms with Gasteiger partial charge in [0, 0.05) is 17.6 Å². The number of benzene rings is 1. The Kier molecular flexibility index (Phi) is 5.78. The highest BCUT2D eigenvalue weighted by atomic mass is 35.5. The first-order valence-electron chi connectivity index (χ1n) is 6.62. The van der Waals surface area contributed by atoms with Crippen LogP contribution in [0, 0.1) is 11.7 Å². The molecule has 1 aromatic carbocycles. The zero-order valence-corrected chi connectivity index (χ0v) is 12.8. The van der Waals surface area contributed by atoms with Crippen LogP contribution >= 0.6 is 11.6 Å². The van der Waals surface area contributed by atoms with Crippen molar-refractivity contribution in [3.63, 3.8) is 0 Å². The summed E-state index contributed by atoms with van der Waals surface area (Å²) in [5.74, 6) is 0.0919. The largest absolute Gasteiger partial charge is 0.389 e. The summed E-state index contributed by atoms with van der Waals surface area (Å²) in [6.45, 7) is 8.40. The minimum Gasteiger partial charge on any atom is -0.389 e. The van der Waals surface area contributed by atoms with Gasteiger partial charge in [-0.3, -0.25) is 0 Å². The number of hydrogen-bond acceptors (Lipinski definition) is 2. The fraction of sp³-hybridized carbons (Fsp3) is 0.600. The van der Waals surface area contributed by atoms with Crippen LogP contribution in [0.1, 0.15) is 45.7 Å². The molecule has 0 aromatic heterocycles. The fourth-order valence-corrected chi connectivity index (χ4v) is 2.62. The second-order valence-corrected chi connectivity index (χ2v) is 6.27. The molecule has 2 atom stereocenters. The zero-order chi connectivity index (χ0) is 14.6. The standard InChI is InChI=1S/C15H23ClFNO/c1-10(2)8-15(4,19)9-18-11(3)13-6-5-12(17)7-14(13)16/h5-7,10-11,18-19H,8-9H2,1-4H3. The summed E-state index contributed by atoms with van der Waals surface area (Å²) in [6.07, 6.45) is 0.726. The van der Waals surface area contributed by atoms with Crippen molar-refractivity contribution in [3.05, 3.63) is 34.6 Å². The third kappa shape index (κ3) is 5.47. The van der Waals surface area contributed by atoms with Gasteiger partial charge in [0.15, 0.2) is 0 Å². The first-order chi connectivity index (χ1) is 8.71. The summed E-state index contributed by atoms with van der Waals surface area (Å²) in [5.41, 5.74) is 0.0815. The van der Waals surface area contributed by atoms with Crippen LogP contribution in [0.25, 0.3) is 0 Å². The van der Waals surface area contributed by atoms with Crippen molar-refractivity contribution >= 4 is 11.6 Å². The van der Waals surface area contributed by atoms with E-state index in [1.165, 1.54) is 12.1 Å². The van der Waals surface area contributed by atoms with Crippen molar-refractivity contribution < 1.29 is 9.50 Å². The molecule has 0 fully saturated rings. The first-order valence-corrected chi connectivity index (χ1v) is 7.00. The van der Waals surface area contributed by atoms with Crippen molar-refractivity contribution in [2.45, 2.75) is 45.8 Å². The number of aliphatic hydroxyl groups is 1. The second-order valence-electron chi connectivity index (χ2n) is 5.86. The van der Waals surface area contributed by atoms with Crippen LogP contribution in [-0.2, 0) is 0 Å². The molecule has 0 radical (unpaired) electrons. The Labute approximate surface area is 120 Å². The average molecular weight is 288 g/mol. The third-order valence-electron chi connectivity index (χ3n) is 3.07. The number of rotatable bonds is 6. The Hall–Kier alpha value is -0.640. The summed E-state index contributed by atoms with van der Waals surface area (Å²) in [7, 11) is 0. The minimum absolute atomic E-state index is 0.0354. The van der Waals surface area contributed by atoms with E-state index < -0.39 is 5.60 Å². The molecule has 108 valence electrons. The summed E-state index contributed by atoms with van der Waals surface area (Å²) in [5, 5.41) is 13.9. The van der Waals surface area contributed by atoms with Crippen molar-refractivity contribution in [2.75, 3.05) is 6.54 Å². The average Bonchev–Trinajstić information content (AvgIpc) is 2.24. The lowest BCUT2D eigenvalue weighted by Crippen LogP contribution is -2.39. The Morgan fingerprint density at radius 1 is 1.37 bits per heavy atom. The maximum Gasteiger partial charge on any atom is 0.124 e. The van der Waals surface area contributed by atoms with Crippen LogP contribution in [-0.4, -0.2) is 17.3 Å². The van der Waals surface area contributed by atoms with E-state index >= 15 is 0 Å². The van der Waals surface area contributed by atoms with Gasteiger partial charge in [-0.2, -0.15) is 0 Å². The summed E-state index contributed by atoms with van der Waals surface area (Å²) in [6, 6.07) is 4.34. The molecule has 2 unspecified atom stereocenters. The molecule has 19 heavy (non-hydrogen) atoms. The van der Waals surface area contributed by atoms with Crippen LogP contribution in [0.15, 0.2) is 18.2 Å². The van der Waals surface area contributed by atoms with Crippen LogP contribution in [0.5, 0.6) is 0 Å². The predicted molar refractivity (Wildman–Crippen MR) is 77.9 cm³/mol. The number of halogens is 2. The van der Waals surface area contributed by atoms with Gasteiger partial charge in [0.2, 0.25) is 0 Å². The normalized spacial score (nSPS) is 16.4. The third-order valence-corrected chi connectivity index (χ3v) is 3.39. The van der Waals surface area contributed by atoms with Crippen molar-refractivity contribution in [2.24, 2.45) is 5.92 Å². The topological polar surface area (TPSA) is 32.3 Å². The molecule has 0 aliphatic carbocycles. The Balaban J connectivity index is 2.62. The van der Waals surface area contributed by atoms with Crippen LogP contribution in [0.4, 0.5) is 4.39 Å². The van der Waals surface area contributed by atoms with Gasteiger partial charge in [0.1, 0.15) is 5.82 Å². The van der Waals surface area contributed by atoms with E-state index in [-0.39, 0.29) is 11.9 Å². The lowest BCUT2D eigenvalue weighted by Gasteiger charge is -2.28. The van der Waals surface area contributed by atoms with Gasteiger partial charge in [-0.15, -0.1) is 0 Å². The Bertz CT molecular complexity index is 421. The SMILES string of the molecule is CC(C)CC(C)(O)CNC(C)c1ccc(F)cc1Cl. The Morgan fingerprint density at radius 2 is 2.00 bits per heavy atom. The molecule has 0 aliphatic heterocycles. The van der Waals surface area contributed by atoms with Crippen molar-refractivity contribution in [1.82, 2.24) is 5.32 Å². The molecule has 2 N–H and O–H groups in total. The molecule has 0 saturated carbocycles. The molecular formula is C15H23ClFNO. The van der Waals surface area contributed by atoms with E-state index in [2.05, 4.69) is 19.2 Å². The van der Waals surface area contributed by atoms with Gasteiger partial charge >= 0.3 is 0 Å². The number of nitrogens with one attached hydrogen (secondary N) is 1. The lowest BCUT2D eigenvalue weighted by molar-refractivity contribution is 0.0363. The molecule has 0 saturated heterocycles. The summed E-state index contributed by atoms with van der Waals surface area (Å²) in [4.78, 5) is 0. The molecule has 1 aromatic rings. The minimum atomic E-state index is -0.755. The molecule has 0 heterocycles. The second kappa shape index (κ2) is 6.69. The van der Waals surface area contributed by atoms with Crippen LogP contribution in [0.3, 0.4) is 0 Å². The van der Waals surface area contributed by atoms with E-state index in [0.717, 1.165) is 12.0 Å². The van der Waals surface area contributed by atoms with Gasteiger partial charge in [0.05, 0.1) is 5.60 Å². The van der Waals surface area contributed by atoms with Crippen LogP contribution < -0.4 is 5.32 Å². The molecule has 0 aliphatic rings. The monoisotopic (exact) mass is 287 g/mol. The summed E-state index contributed by atoms with van der Waals surface area (Å²) < 4.78 is 13.0. The first kappa shape index (κ1) is 16.4. The Morgan fingerprint density at radius 3 is 2.53 bits per heavy atom. The van der Waals surface area contributed by atoms with E-state index in [1.807, 2.05) is 13.8 Å². The van der Waals surface area contributed by atoms with E-state index in [4.69, 9.17) is 11.6 Å². The molecule has 0 bridgehead atoms. The number of hydrogen-bond donors (Lipinski definition) is 2. The quantitative estimate of drug-likeness (QED) is 0.831. The van der Waals surface area contributed by atoms with Crippen molar-refractivity contribution in [1.29, 1.82) is 0 Å². The van der Waals surface area contributed by atoms with Gasteiger partial charge in [-0.05, 0) is 43.9 Å². The van der Waals surface area contributed by atoms with Gasteiger partial charge in [-0.25, -0.2) is 4.39 Å². The fourth-order valence-electron chi connectivity index (χ4n) is 2.29. The molecular weight excluding hydrogens is 265 g/mol. The zero-order valence-electron chi connectivity index (χ0n) is 12.0. The van der Waals surface area contributed by atoms with Gasteiger partial charge in [-0.1, -0.05) is 31.5 Å². The predicted octanol–water partition coefficient (Wildman–Crippen LogP) is 3.93. The van der Waals surface area contributed by atoms with Crippen LogP contribution in [0.2, 0.25) is 5.02 Å². The van der Waals surface area contributed by atoms with E-state index in [9.17, 15) is 9.50 Å². The van der Waals surface area contributed by atoms with Gasteiger partial charge in [0.25, 0.3) is 0 Å². The molecule has 4 heteroatoms. The summed E-state index contributed by atoms with van der Waals surface area (Å²) >= 11 is 6.02. The molecule has 0 spiro atoms. The maximum atomic E-state index is 13.0. The molecule has 1 rings (SSSR count). The van der Waals surface area contributed by atoms with E-state index in [1.54, 1.807) is 6.07 Å². The maximum absolute atomic E-state index is 13.0. The molecule has 0 amide bonds. The molecule has 2 nitrogen and oxygen atoms in total. The highest BCUT2D eigenvalue weighted by Crippen LogP contribution is 2.24. The van der Waals surface area contributed by atoms with Crippen molar-refractivity contribution in [3.8, 4) is 0 Å².